The average Bonchev–Trinajstić information content (AvgIpc) is 2.36. The molecule has 3 nitrogen and oxygen atoms in total. The molecule has 0 unspecified atom stereocenters. The average molecular weight is 311 g/mol. The molecule has 0 fully saturated rings. The molecule has 0 amide bonds. The molecule has 0 heterocycles. The summed E-state index contributed by atoms with van der Waals surface area (Å²) in [7, 11) is 0. The molecule has 98 valence electrons. The SMILES string of the molecule is CCN(Cc1ccc(C#N)cc1Br)C(C)(C)CO. The van der Waals surface area contributed by atoms with Crippen molar-refractivity contribution in [1.82, 2.24) is 4.90 Å². The third kappa shape index (κ3) is 3.55. The maximum Gasteiger partial charge on any atom is 0.0992 e. The van der Waals surface area contributed by atoms with Gasteiger partial charge in [0.2, 0.25) is 0 Å². The van der Waals surface area contributed by atoms with Crippen LogP contribution in [-0.4, -0.2) is 28.7 Å². The van der Waals surface area contributed by atoms with E-state index in [4.69, 9.17) is 5.26 Å². The minimum absolute atomic E-state index is 0.120. The van der Waals surface area contributed by atoms with Crippen molar-refractivity contribution in [3.8, 4) is 6.07 Å². The van der Waals surface area contributed by atoms with E-state index in [-0.39, 0.29) is 12.1 Å². The lowest BCUT2D eigenvalue weighted by Crippen LogP contribution is -2.46. The summed E-state index contributed by atoms with van der Waals surface area (Å²) in [6.07, 6.45) is 0. The summed E-state index contributed by atoms with van der Waals surface area (Å²) >= 11 is 3.49. The molecular weight excluding hydrogens is 292 g/mol. The number of nitriles is 1. The maximum absolute atomic E-state index is 9.43. The number of benzene rings is 1. The number of aliphatic hydroxyl groups excluding tert-OH is 1. The van der Waals surface area contributed by atoms with Crippen LogP contribution in [0, 0.1) is 11.3 Å². The second kappa shape index (κ2) is 6.33. The van der Waals surface area contributed by atoms with Crippen LogP contribution >= 0.6 is 15.9 Å². The highest BCUT2D eigenvalue weighted by Crippen LogP contribution is 2.23. The Labute approximate surface area is 117 Å². The van der Waals surface area contributed by atoms with Crippen LogP contribution in [0.15, 0.2) is 22.7 Å². The van der Waals surface area contributed by atoms with Gasteiger partial charge in [0.05, 0.1) is 18.2 Å². The molecule has 0 atom stereocenters. The Bertz CT molecular complexity index is 452. The Morgan fingerprint density at radius 1 is 1.44 bits per heavy atom. The largest absolute Gasteiger partial charge is 0.394 e. The molecule has 0 saturated heterocycles. The molecule has 1 rings (SSSR count). The number of hydrogen-bond acceptors (Lipinski definition) is 3. The van der Waals surface area contributed by atoms with Crippen molar-refractivity contribution < 1.29 is 5.11 Å². The topological polar surface area (TPSA) is 47.3 Å². The van der Waals surface area contributed by atoms with Gasteiger partial charge in [-0.3, -0.25) is 4.90 Å². The molecule has 1 aromatic rings. The molecule has 0 aliphatic carbocycles. The van der Waals surface area contributed by atoms with Gasteiger partial charge in [-0.25, -0.2) is 0 Å². The standard InChI is InChI=1S/C14H19BrN2O/c1-4-17(14(2,3)10-18)9-12-6-5-11(8-16)7-13(12)15/h5-7,18H,4,9-10H2,1-3H3. The number of likely N-dealkylation sites (N-methyl/N-ethyl adjacent to an activating group) is 1. The van der Waals surface area contributed by atoms with E-state index in [1.165, 1.54) is 0 Å². The van der Waals surface area contributed by atoms with Crippen LogP contribution in [0.5, 0.6) is 0 Å². The van der Waals surface area contributed by atoms with Crippen molar-refractivity contribution >= 4 is 15.9 Å². The number of aliphatic hydroxyl groups is 1. The van der Waals surface area contributed by atoms with E-state index >= 15 is 0 Å². The minimum Gasteiger partial charge on any atom is -0.394 e. The Hall–Kier alpha value is -0.890. The molecular formula is C14H19BrN2O. The summed E-state index contributed by atoms with van der Waals surface area (Å²) in [5, 5.41) is 18.3. The number of rotatable bonds is 5. The summed E-state index contributed by atoms with van der Waals surface area (Å²) in [4.78, 5) is 2.21. The zero-order chi connectivity index (χ0) is 13.8. The molecule has 1 N–H and O–H groups in total. The van der Waals surface area contributed by atoms with Gasteiger partial charge >= 0.3 is 0 Å². The van der Waals surface area contributed by atoms with Crippen LogP contribution in [0.25, 0.3) is 0 Å². The van der Waals surface area contributed by atoms with Crippen LogP contribution in [0.4, 0.5) is 0 Å². The lowest BCUT2D eigenvalue weighted by atomic mass is 10.0. The summed E-state index contributed by atoms with van der Waals surface area (Å²) in [6.45, 7) is 7.85. The van der Waals surface area contributed by atoms with Crippen molar-refractivity contribution in [2.45, 2.75) is 32.9 Å². The zero-order valence-electron chi connectivity index (χ0n) is 11.1. The van der Waals surface area contributed by atoms with Crippen LogP contribution in [0.3, 0.4) is 0 Å². The normalized spacial score (nSPS) is 11.6. The van der Waals surface area contributed by atoms with Crippen molar-refractivity contribution in [3.63, 3.8) is 0 Å². The molecule has 0 bridgehead atoms. The zero-order valence-corrected chi connectivity index (χ0v) is 12.7. The highest BCUT2D eigenvalue weighted by Gasteiger charge is 2.25. The van der Waals surface area contributed by atoms with E-state index in [0.717, 1.165) is 23.1 Å². The smallest absolute Gasteiger partial charge is 0.0992 e. The fourth-order valence-electron chi connectivity index (χ4n) is 1.80. The fraction of sp³-hybridized carbons (Fsp3) is 0.500. The minimum atomic E-state index is -0.248. The van der Waals surface area contributed by atoms with Crippen molar-refractivity contribution in [1.29, 1.82) is 5.26 Å². The summed E-state index contributed by atoms with van der Waals surface area (Å²) in [5.74, 6) is 0. The first-order valence-corrected chi connectivity index (χ1v) is 6.78. The van der Waals surface area contributed by atoms with Crippen LogP contribution in [0.1, 0.15) is 31.9 Å². The van der Waals surface area contributed by atoms with Gasteiger partial charge in [0.1, 0.15) is 0 Å². The summed E-state index contributed by atoms with van der Waals surface area (Å²) in [6, 6.07) is 7.73. The van der Waals surface area contributed by atoms with Crippen molar-refractivity contribution in [2.75, 3.05) is 13.2 Å². The summed E-state index contributed by atoms with van der Waals surface area (Å²) < 4.78 is 0.939. The first kappa shape index (κ1) is 15.2. The highest BCUT2D eigenvalue weighted by molar-refractivity contribution is 9.10. The highest BCUT2D eigenvalue weighted by atomic mass is 79.9. The van der Waals surface area contributed by atoms with Crippen LogP contribution in [-0.2, 0) is 6.54 Å². The van der Waals surface area contributed by atoms with Crippen molar-refractivity contribution in [3.05, 3.63) is 33.8 Å². The molecule has 0 spiro atoms. The third-order valence-corrected chi connectivity index (χ3v) is 3.91. The molecule has 0 aliphatic rings. The molecule has 0 radical (unpaired) electrons. The monoisotopic (exact) mass is 310 g/mol. The van der Waals surface area contributed by atoms with Gasteiger partial charge in [0, 0.05) is 16.6 Å². The van der Waals surface area contributed by atoms with E-state index < -0.39 is 0 Å². The van der Waals surface area contributed by atoms with Gasteiger partial charge in [0.15, 0.2) is 0 Å². The maximum atomic E-state index is 9.43. The second-order valence-corrected chi connectivity index (χ2v) is 5.76. The van der Waals surface area contributed by atoms with Crippen LogP contribution in [0.2, 0.25) is 0 Å². The molecule has 0 aliphatic heterocycles. The van der Waals surface area contributed by atoms with E-state index in [9.17, 15) is 5.11 Å². The molecule has 4 heteroatoms. The lowest BCUT2D eigenvalue weighted by molar-refractivity contribution is 0.0550. The first-order valence-electron chi connectivity index (χ1n) is 5.99. The van der Waals surface area contributed by atoms with Gasteiger partial charge in [-0.15, -0.1) is 0 Å². The Kier molecular flexibility index (Phi) is 5.33. The van der Waals surface area contributed by atoms with E-state index in [1.54, 1.807) is 0 Å². The van der Waals surface area contributed by atoms with Gasteiger partial charge in [-0.2, -0.15) is 5.26 Å². The van der Waals surface area contributed by atoms with E-state index in [1.807, 2.05) is 32.0 Å². The van der Waals surface area contributed by atoms with E-state index in [0.29, 0.717) is 5.56 Å². The number of halogens is 1. The predicted molar refractivity (Wildman–Crippen MR) is 76.1 cm³/mol. The lowest BCUT2D eigenvalue weighted by Gasteiger charge is -2.36. The van der Waals surface area contributed by atoms with E-state index in [2.05, 4.69) is 33.8 Å². The number of nitrogens with zero attached hydrogens (tertiary/aromatic N) is 2. The van der Waals surface area contributed by atoms with Gasteiger partial charge in [-0.05, 0) is 38.1 Å². The fourth-order valence-corrected chi connectivity index (χ4v) is 2.31. The Morgan fingerprint density at radius 3 is 2.56 bits per heavy atom. The Balaban J connectivity index is 2.93. The molecule has 0 aromatic heterocycles. The van der Waals surface area contributed by atoms with Gasteiger partial charge < -0.3 is 5.11 Å². The van der Waals surface area contributed by atoms with Gasteiger partial charge in [0.25, 0.3) is 0 Å². The first-order chi connectivity index (χ1) is 8.44. The molecule has 18 heavy (non-hydrogen) atoms. The predicted octanol–water partition coefficient (Wildman–Crippen LogP) is 2.91. The molecule has 0 saturated carbocycles. The Morgan fingerprint density at radius 2 is 2.11 bits per heavy atom. The number of hydrogen-bond donors (Lipinski definition) is 1. The molecule has 1 aromatic carbocycles. The van der Waals surface area contributed by atoms with Gasteiger partial charge in [-0.1, -0.05) is 28.9 Å². The quantitative estimate of drug-likeness (QED) is 0.909. The summed E-state index contributed by atoms with van der Waals surface area (Å²) in [5.41, 5.74) is 1.52. The van der Waals surface area contributed by atoms with Crippen LogP contribution < -0.4 is 0 Å². The van der Waals surface area contributed by atoms with Crippen molar-refractivity contribution in [2.24, 2.45) is 0 Å². The third-order valence-electron chi connectivity index (χ3n) is 3.17. The second-order valence-electron chi connectivity index (χ2n) is 4.90.